The molecule has 11 nitrogen and oxygen atoms in total. The van der Waals surface area contributed by atoms with E-state index in [0.717, 1.165) is 17.8 Å². The number of hydrogen-bond donors (Lipinski definition) is 1. The number of hydrogen-bond acceptors (Lipinski definition) is 8. The minimum Gasteiger partial charge on any atom is -0.481 e. The molecule has 0 aromatic carbocycles. The van der Waals surface area contributed by atoms with Crippen LogP contribution in [-0.4, -0.2) is 81.4 Å². The van der Waals surface area contributed by atoms with Crippen LogP contribution >= 0.6 is 0 Å². The number of aryl methyl sites for hydroxylation is 2. The topological polar surface area (TPSA) is 123 Å². The Kier molecular flexibility index (Phi) is 8.21. The summed E-state index contributed by atoms with van der Waals surface area (Å²) >= 11 is 0. The lowest BCUT2D eigenvalue weighted by molar-refractivity contribution is -0.140. The van der Waals surface area contributed by atoms with Gasteiger partial charge in [-0.15, -0.1) is 5.10 Å². The zero-order valence-electron chi connectivity index (χ0n) is 19.7. The van der Waals surface area contributed by atoms with Gasteiger partial charge in [0, 0.05) is 33.7 Å². The molecule has 1 aliphatic rings. The van der Waals surface area contributed by atoms with E-state index < -0.39 is 12.1 Å². The predicted octanol–water partition coefficient (Wildman–Crippen LogP) is 2.10. The summed E-state index contributed by atoms with van der Waals surface area (Å²) in [6, 6.07) is 3.85. The molecule has 3 rings (SSSR count). The third-order valence-corrected chi connectivity index (χ3v) is 5.56. The van der Waals surface area contributed by atoms with Gasteiger partial charge in [0.1, 0.15) is 18.0 Å². The zero-order valence-corrected chi connectivity index (χ0v) is 19.7. The number of rotatable bonds is 9. The Morgan fingerprint density at radius 3 is 2.82 bits per heavy atom. The summed E-state index contributed by atoms with van der Waals surface area (Å²) < 4.78 is 12.6. The van der Waals surface area contributed by atoms with Crippen LogP contribution in [0, 0.1) is 0 Å². The van der Waals surface area contributed by atoms with E-state index in [2.05, 4.69) is 15.2 Å². The first-order valence-corrected chi connectivity index (χ1v) is 11.2. The molecule has 0 saturated carbocycles. The summed E-state index contributed by atoms with van der Waals surface area (Å²) in [6.45, 7) is 6.31. The van der Waals surface area contributed by atoms with Gasteiger partial charge in [0.15, 0.2) is 0 Å². The molecule has 180 valence electrons. The van der Waals surface area contributed by atoms with Crippen LogP contribution in [0.3, 0.4) is 0 Å². The fraction of sp³-hybridized carbons (Fsp3) is 0.591. The molecule has 11 heteroatoms. The zero-order chi connectivity index (χ0) is 24.0. The van der Waals surface area contributed by atoms with Gasteiger partial charge in [-0.05, 0) is 25.0 Å². The van der Waals surface area contributed by atoms with Crippen molar-refractivity contribution in [3.8, 4) is 11.4 Å². The number of aliphatic carboxylic acids is 1. The second kappa shape index (κ2) is 11.1. The molecule has 2 aromatic rings. The highest BCUT2D eigenvalue weighted by molar-refractivity contribution is 5.68. The van der Waals surface area contributed by atoms with Crippen molar-refractivity contribution >= 4 is 17.7 Å². The van der Waals surface area contributed by atoms with Gasteiger partial charge >= 0.3 is 12.1 Å². The SMILES string of the molecule is CCCN(C)C(=O)OCc1c(-c2ccc(N3CCOC(CC(=O)O)C3)c(CC)n2)nnn1C. The van der Waals surface area contributed by atoms with Crippen molar-refractivity contribution in [3.05, 3.63) is 23.5 Å². The summed E-state index contributed by atoms with van der Waals surface area (Å²) in [5, 5.41) is 17.4. The quantitative estimate of drug-likeness (QED) is 0.599. The maximum atomic E-state index is 12.2. The van der Waals surface area contributed by atoms with Crippen LogP contribution in [0.5, 0.6) is 0 Å². The van der Waals surface area contributed by atoms with Crippen molar-refractivity contribution < 1.29 is 24.2 Å². The first-order valence-electron chi connectivity index (χ1n) is 11.2. The number of pyridine rings is 1. The second-order valence-electron chi connectivity index (χ2n) is 8.04. The standard InChI is InChI=1S/C22H32N6O5/c1-5-9-26(3)22(31)33-14-19-21(24-25-27(19)4)17-7-8-18(16(6-2)23-17)28-10-11-32-15(13-28)12-20(29)30/h7-8,15H,5-6,9-14H2,1-4H3,(H,29,30). The molecule has 0 aliphatic carbocycles. The minimum absolute atomic E-state index is 0.0292. The number of carboxylic acids is 1. The summed E-state index contributed by atoms with van der Waals surface area (Å²) in [5.41, 5.74) is 3.70. The molecule has 0 bridgehead atoms. The van der Waals surface area contributed by atoms with E-state index in [1.165, 1.54) is 4.90 Å². The maximum Gasteiger partial charge on any atom is 0.409 e. The number of anilines is 1. The van der Waals surface area contributed by atoms with Gasteiger partial charge in [0.25, 0.3) is 0 Å². The van der Waals surface area contributed by atoms with Crippen LogP contribution in [0.15, 0.2) is 12.1 Å². The van der Waals surface area contributed by atoms with E-state index in [-0.39, 0.29) is 19.1 Å². The van der Waals surface area contributed by atoms with Crippen LogP contribution in [0.2, 0.25) is 0 Å². The van der Waals surface area contributed by atoms with Crippen molar-refractivity contribution in [1.29, 1.82) is 0 Å². The highest BCUT2D eigenvalue weighted by Gasteiger charge is 2.25. The summed E-state index contributed by atoms with van der Waals surface area (Å²) in [5.74, 6) is -0.872. The molecule has 1 N–H and O–H groups in total. The Labute approximate surface area is 193 Å². The Morgan fingerprint density at radius 1 is 1.33 bits per heavy atom. The second-order valence-corrected chi connectivity index (χ2v) is 8.04. The molecular weight excluding hydrogens is 428 g/mol. The smallest absolute Gasteiger partial charge is 0.409 e. The molecule has 0 radical (unpaired) electrons. The molecule has 1 fully saturated rings. The summed E-state index contributed by atoms with van der Waals surface area (Å²) in [7, 11) is 3.45. The summed E-state index contributed by atoms with van der Waals surface area (Å²) in [6.07, 6.45) is 0.757. The summed E-state index contributed by atoms with van der Waals surface area (Å²) in [4.78, 5) is 31.7. The highest BCUT2D eigenvalue weighted by atomic mass is 16.6. The van der Waals surface area contributed by atoms with Gasteiger partial charge in [0.2, 0.25) is 0 Å². The highest BCUT2D eigenvalue weighted by Crippen LogP contribution is 2.28. The number of aromatic nitrogens is 4. The van der Waals surface area contributed by atoms with Gasteiger partial charge in [-0.3, -0.25) is 4.79 Å². The molecule has 33 heavy (non-hydrogen) atoms. The lowest BCUT2D eigenvalue weighted by Crippen LogP contribution is -2.43. The van der Waals surface area contributed by atoms with E-state index in [0.29, 0.717) is 49.7 Å². The molecular formula is C22H32N6O5. The van der Waals surface area contributed by atoms with Crippen molar-refractivity contribution in [3.63, 3.8) is 0 Å². The number of carbonyl (C=O) groups is 2. The third kappa shape index (κ3) is 5.98. The van der Waals surface area contributed by atoms with Crippen LogP contribution < -0.4 is 4.90 Å². The van der Waals surface area contributed by atoms with Gasteiger partial charge in [-0.25, -0.2) is 14.5 Å². The minimum atomic E-state index is -0.872. The monoisotopic (exact) mass is 460 g/mol. The van der Waals surface area contributed by atoms with Gasteiger partial charge in [-0.2, -0.15) is 0 Å². The van der Waals surface area contributed by atoms with E-state index in [1.807, 2.05) is 26.0 Å². The van der Waals surface area contributed by atoms with Gasteiger partial charge < -0.3 is 24.4 Å². The Morgan fingerprint density at radius 2 is 2.12 bits per heavy atom. The van der Waals surface area contributed by atoms with E-state index in [1.54, 1.807) is 18.8 Å². The Hall–Kier alpha value is -3.21. The van der Waals surface area contributed by atoms with Crippen molar-refractivity contribution in [1.82, 2.24) is 24.9 Å². The first kappa shape index (κ1) is 24.4. The predicted molar refractivity (Wildman–Crippen MR) is 121 cm³/mol. The maximum absolute atomic E-state index is 12.2. The van der Waals surface area contributed by atoms with Crippen molar-refractivity contribution in [2.24, 2.45) is 7.05 Å². The van der Waals surface area contributed by atoms with Gasteiger partial charge in [-0.1, -0.05) is 19.1 Å². The van der Waals surface area contributed by atoms with E-state index >= 15 is 0 Å². The lowest BCUT2D eigenvalue weighted by atomic mass is 10.1. The van der Waals surface area contributed by atoms with Crippen molar-refractivity contribution in [2.45, 2.75) is 45.8 Å². The Bertz CT molecular complexity index is 978. The normalized spacial score (nSPS) is 16.0. The lowest BCUT2D eigenvalue weighted by Gasteiger charge is -2.34. The average molecular weight is 461 g/mol. The number of ether oxygens (including phenoxy) is 2. The molecule has 0 spiro atoms. The van der Waals surface area contributed by atoms with E-state index in [9.17, 15) is 9.59 Å². The Balaban J connectivity index is 1.80. The van der Waals surface area contributed by atoms with E-state index in [4.69, 9.17) is 19.6 Å². The average Bonchev–Trinajstić information content (AvgIpc) is 3.17. The van der Waals surface area contributed by atoms with Crippen molar-refractivity contribution in [2.75, 3.05) is 38.2 Å². The first-order chi connectivity index (χ1) is 15.8. The number of nitrogens with zero attached hydrogens (tertiary/aromatic N) is 6. The number of morpholine rings is 1. The molecule has 1 amide bonds. The van der Waals surface area contributed by atoms with Crippen LogP contribution in [0.25, 0.3) is 11.4 Å². The van der Waals surface area contributed by atoms with Gasteiger partial charge in [0.05, 0.1) is 36.2 Å². The third-order valence-electron chi connectivity index (χ3n) is 5.56. The fourth-order valence-corrected chi connectivity index (χ4v) is 3.83. The molecule has 1 unspecified atom stereocenters. The molecule has 1 saturated heterocycles. The largest absolute Gasteiger partial charge is 0.481 e. The number of amides is 1. The van der Waals surface area contributed by atoms with Crippen LogP contribution in [0.1, 0.15) is 38.1 Å². The molecule has 1 atom stereocenters. The number of carboxylic acid groups (broad SMARTS) is 1. The molecule has 2 aromatic heterocycles. The van der Waals surface area contributed by atoms with Crippen LogP contribution in [-0.2, 0) is 34.3 Å². The number of carbonyl (C=O) groups excluding carboxylic acids is 1. The molecule has 3 heterocycles. The van der Waals surface area contributed by atoms with Crippen LogP contribution in [0.4, 0.5) is 10.5 Å². The fourth-order valence-electron chi connectivity index (χ4n) is 3.83. The molecule has 1 aliphatic heterocycles.